The van der Waals surface area contributed by atoms with Crippen LogP contribution < -0.4 is 5.32 Å². The molecule has 0 aliphatic heterocycles. The van der Waals surface area contributed by atoms with Crippen LogP contribution in [0.3, 0.4) is 0 Å². The SMILES string of the molecule is Cc1ccc(O)c(C(=O)Nc2ccc(C)c(O)c2)c1. The minimum Gasteiger partial charge on any atom is -0.508 e. The van der Waals surface area contributed by atoms with E-state index < -0.39 is 5.91 Å². The fraction of sp³-hybridized carbons (Fsp3) is 0.133. The molecule has 0 aliphatic rings. The van der Waals surface area contributed by atoms with Crippen molar-refractivity contribution < 1.29 is 15.0 Å². The van der Waals surface area contributed by atoms with Gasteiger partial charge in [0.05, 0.1) is 5.56 Å². The molecule has 0 radical (unpaired) electrons. The Morgan fingerprint density at radius 1 is 1.00 bits per heavy atom. The van der Waals surface area contributed by atoms with Gasteiger partial charge in [0.2, 0.25) is 0 Å². The summed E-state index contributed by atoms with van der Waals surface area (Å²) in [6, 6.07) is 9.69. The lowest BCUT2D eigenvalue weighted by atomic mass is 10.1. The third-order valence-electron chi connectivity index (χ3n) is 2.86. The zero-order valence-corrected chi connectivity index (χ0v) is 10.8. The molecule has 0 aromatic heterocycles. The van der Waals surface area contributed by atoms with Gasteiger partial charge in [-0.3, -0.25) is 4.79 Å². The number of aryl methyl sites for hydroxylation is 2. The molecule has 3 N–H and O–H groups in total. The molecule has 0 fully saturated rings. The lowest BCUT2D eigenvalue weighted by molar-refractivity contribution is 0.102. The number of nitrogens with one attached hydrogen (secondary N) is 1. The molecule has 2 rings (SSSR count). The quantitative estimate of drug-likeness (QED) is 0.774. The number of hydrogen-bond donors (Lipinski definition) is 3. The zero-order chi connectivity index (χ0) is 14.0. The molecule has 0 saturated carbocycles. The number of amides is 1. The van der Waals surface area contributed by atoms with E-state index in [1.165, 1.54) is 12.1 Å². The standard InChI is InChI=1S/C15H15NO3/c1-9-3-6-13(17)12(7-9)15(19)16-11-5-4-10(2)14(18)8-11/h3-8,17-18H,1-2H3,(H,16,19). The molecule has 0 aliphatic carbocycles. The zero-order valence-electron chi connectivity index (χ0n) is 10.8. The van der Waals surface area contributed by atoms with Crippen LogP contribution in [0.25, 0.3) is 0 Å². The normalized spacial score (nSPS) is 10.2. The van der Waals surface area contributed by atoms with Crippen LogP contribution in [-0.2, 0) is 0 Å². The number of phenols is 2. The molecule has 98 valence electrons. The van der Waals surface area contributed by atoms with E-state index in [2.05, 4.69) is 5.32 Å². The van der Waals surface area contributed by atoms with Gasteiger partial charge >= 0.3 is 0 Å². The van der Waals surface area contributed by atoms with Gasteiger partial charge in [0.1, 0.15) is 11.5 Å². The van der Waals surface area contributed by atoms with Crippen LogP contribution >= 0.6 is 0 Å². The molecule has 0 saturated heterocycles. The third-order valence-corrected chi connectivity index (χ3v) is 2.86. The molecule has 19 heavy (non-hydrogen) atoms. The molecular weight excluding hydrogens is 242 g/mol. The highest BCUT2D eigenvalue weighted by Crippen LogP contribution is 2.23. The summed E-state index contributed by atoms with van der Waals surface area (Å²) in [7, 11) is 0. The maximum Gasteiger partial charge on any atom is 0.259 e. The minimum absolute atomic E-state index is 0.0700. The first-order chi connectivity index (χ1) is 8.97. The average molecular weight is 257 g/mol. The van der Waals surface area contributed by atoms with Gasteiger partial charge in [0, 0.05) is 11.8 Å². The fourth-order valence-electron chi connectivity index (χ4n) is 1.72. The summed E-state index contributed by atoms with van der Waals surface area (Å²) >= 11 is 0. The predicted octanol–water partition coefficient (Wildman–Crippen LogP) is 2.97. The van der Waals surface area contributed by atoms with Gasteiger partial charge < -0.3 is 15.5 Å². The number of rotatable bonds is 2. The molecule has 1 amide bonds. The minimum atomic E-state index is -0.413. The number of carbonyl (C=O) groups is 1. The lowest BCUT2D eigenvalue weighted by Gasteiger charge is -2.08. The largest absolute Gasteiger partial charge is 0.508 e. The van der Waals surface area contributed by atoms with Gasteiger partial charge in [0.15, 0.2) is 0 Å². The van der Waals surface area contributed by atoms with Crippen molar-refractivity contribution in [1.82, 2.24) is 0 Å². The maximum absolute atomic E-state index is 12.0. The topological polar surface area (TPSA) is 69.6 Å². The van der Waals surface area contributed by atoms with Crippen LogP contribution in [0.1, 0.15) is 21.5 Å². The highest BCUT2D eigenvalue weighted by molar-refractivity contribution is 6.06. The number of anilines is 1. The highest BCUT2D eigenvalue weighted by atomic mass is 16.3. The highest BCUT2D eigenvalue weighted by Gasteiger charge is 2.12. The van der Waals surface area contributed by atoms with E-state index in [4.69, 9.17) is 0 Å². The summed E-state index contributed by atoms with van der Waals surface area (Å²) in [5.74, 6) is -0.366. The molecule has 2 aromatic carbocycles. The summed E-state index contributed by atoms with van der Waals surface area (Å²) in [5.41, 5.74) is 2.31. The Morgan fingerprint density at radius 2 is 1.74 bits per heavy atom. The number of phenolic OH excluding ortho intramolecular Hbond substituents is 2. The van der Waals surface area contributed by atoms with E-state index in [1.54, 1.807) is 31.2 Å². The summed E-state index contributed by atoms with van der Waals surface area (Å²) in [6.45, 7) is 3.61. The molecular formula is C15H15NO3. The van der Waals surface area contributed by atoms with Gasteiger partial charge in [-0.2, -0.15) is 0 Å². The van der Waals surface area contributed by atoms with Gasteiger partial charge in [0.25, 0.3) is 5.91 Å². The number of aromatic hydroxyl groups is 2. The van der Waals surface area contributed by atoms with E-state index in [-0.39, 0.29) is 17.1 Å². The first-order valence-corrected chi connectivity index (χ1v) is 5.88. The van der Waals surface area contributed by atoms with Crippen molar-refractivity contribution in [2.24, 2.45) is 0 Å². The second-order valence-corrected chi connectivity index (χ2v) is 4.48. The van der Waals surface area contributed by atoms with E-state index >= 15 is 0 Å². The molecule has 2 aromatic rings. The Kier molecular flexibility index (Phi) is 3.42. The second-order valence-electron chi connectivity index (χ2n) is 4.48. The molecule has 4 nitrogen and oxygen atoms in total. The third kappa shape index (κ3) is 2.85. The van der Waals surface area contributed by atoms with E-state index in [0.29, 0.717) is 5.69 Å². The molecule has 0 spiro atoms. The van der Waals surface area contributed by atoms with E-state index in [1.807, 2.05) is 6.92 Å². The Labute approximate surface area is 111 Å². The first kappa shape index (κ1) is 13.0. The Bertz CT molecular complexity index is 635. The predicted molar refractivity (Wildman–Crippen MR) is 73.6 cm³/mol. The summed E-state index contributed by atoms with van der Waals surface area (Å²) in [4.78, 5) is 12.0. The molecule has 0 bridgehead atoms. The van der Waals surface area contributed by atoms with Gasteiger partial charge in [-0.15, -0.1) is 0 Å². The summed E-state index contributed by atoms with van der Waals surface area (Å²) in [6.07, 6.45) is 0. The number of carbonyl (C=O) groups excluding carboxylic acids is 1. The van der Waals surface area contributed by atoms with Crippen molar-refractivity contribution in [2.75, 3.05) is 5.32 Å². The summed E-state index contributed by atoms with van der Waals surface area (Å²) in [5, 5.41) is 21.9. The van der Waals surface area contributed by atoms with Crippen molar-refractivity contribution in [3.05, 3.63) is 53.1 Å². The van der Waals surface area contributed by atoms with Crippen LogP contribution in [0.4, 0.5) is 5.69 Å². The number of hydrogen-bond acceptors (Lipinski definition) is 3. The lowest BCUT2D eigenvalue weighted by Crippen LogP contribution is -2.12. The van der Waals surface area contributed by atoms with Gasteiger partial charge in [-0.05, 0) is 37.6 Å². The van der Waals surface area contributed by atoms with Crippen LogP contribution in [0.15, 0.2) is 36.4 Å². The molecule has 4 heteroatoms. The fourth-order valence-corrected chi connectivity index (χ4v) is 1.72. The van der Waals surface area contributed by atoms with Crippen molar-refractivity contribution in [3.63, 3.8) is 0 Å². The van der Waals surface area contributed by atoms with E-state index in [0.717, 1.165) is 11.1 Å². The molecule has 0 heterocycles. The summed E-state index contributed by atoms with van der Waals surface area (Å²) < 4.78 is 0. The smallest absolute Gasteiger partial charge is 0.259 e. The molecule has 0 unspecified atom stereocenters. The van der Waals surface area contributed by atoms with Crippen molar-refractivity contribution in [3.8, 4) is 11.5 Å². The Morgan fingerprint density at radius 3 is 2.42 bits per heavy atom. The van der Waals surface area contributed by atoms with Crippen LogP contribution in [0.5, 0.6) is 11.5 Å². The van der Waals surface area contributed by atoms with Crippen molar-refractivity contribution >= 4 is 11.6 Å². The monoisotopic (exact) mass is 257 g/mol. The second kappa shape index (κ2) is 5.02. The van der Waals surface area contributed by atoms with Crippen LogP contribution in [0, 0.1) is 13.8 Å². The van der Waals surface area contributed by atoms with Crippen LogP contribution in [0.2, 0.25) is 0 Å². The Balaban J connectivity index is 2.25. The first-order valence-electron chi connectivity index (χ1n) is 5.88. The van der Waals surface area contributed by atoms with Crippen molar-refractivity contribution in [1.29, 1.82) is 0 Å². The maximum atomic E-state index is 12.0. The molecule has 0 atom stereocenters. The number of benzene rings is 2. The van der Waals surface area contributed by atoms with Crippen LogP contribution in [-0.4, -0.2) is 16.1 Å². The average Bonchev–Trinajstić information content (AvgIpc) is 2.36. The van der Waals surface area contributed by atoms with Gasteiger partial charge in [-0.25, -0.2) is 0 Å². The van der Waals surface area contributed by atoms with E-state index in [9.17, 15) is 15.0 Å². The van der Waals surface area contributed by atoms with Crippen molar-refractivity contribution in [2.45, 2.75) is 13.8 Å². The Hall–Kier alpha value is -2.49. The van der Waals surface area contributed by atoms with Gasteiger partial charge in [-0.1, -0.05) is 17.7 Å².